The van der Waals surface area contributed by atoms with Crippen molar-refractivity contribution in [1.82, 2.24) is 16.0 Å². The quantitative estimate of drug-likeness (QED) is 0.527. The van der Waals surface area contributed by atoms with Crippen LogP contribution in [0.4, 0.5) is 0 Å². The smallest absolute Gasteiger partial charge is 0.242 e. The maximum Gasteiger partial charge on any atom is 0.242 e. The number of guanidine groups is 1. The molecule has 6 nitrogen and oxygen atoms in total. The minimum absolute atomic E-state index is 0.0861. The molecule has 0 atom stereocenters. The zero-order valence-corrected chi connectivity index (χ0v) is 11.7. The first-order valence-corrected chi connectivity index (χ1v) is 6.45. The van der Waals surface area contributed by atoms with E-state index in [1.54, 1.807) is 12.3 Å². The second kappa shape index (κ2) is 8.18. The molecule has 0 spiro atoms. The van der Waals surface area contributed by atoms with E-state index in [1.165, 1.54) is 0 Å². The highest BCUT2D eigenvalue weighted by Gasteiger charge is 2.04. The lowest BCUT2D eigenvalue weighted by atomic mass is 10.4. The van der Waals surface area contributed by atoms with Gasteiger partial charge in [-0.25, -0.2) is 4.99 Å². The fourth-order valence-electron chi connectivity index (χ4n) is 1.40. The van der Waals surface area contributed by atoms with Crippen LogP contribution in [0.15, 0.2) is 27.8 Å². The number of furan rings is 1. The fraction of sp³-hybridized carbons (Fsp3) is 0.538. The van der Waals surface area contributed by atoms with Gasteiger partial charge in [0.1, 0.15) is 12.3 Å². The minimum Gasteiger partial charge on any atom is -0.467 e. The van der Waals surface area contributed by atoms with Crippen molar-refractivity contribution in [3.63, 3.8) is 0 Å². The summed E-state index contributed by atoms with van der Waals surface area (Å²) in [6, 6.07) is 3.87. The standard InChI is InChI=1S/C13H22N4O2/c1-4-14-13(17-10(2)3)16-9-12(18)15-8-11-6-5-7-19-11/h5-7,10H,4,8-9H2,1-3H3,(H,15,18)(H2,14,16,17). The third-order valence-corrected chi connectivity index (χ3v) is 2.19. The van der Waals surface area contributed by atoms with Crippen molar-refractivity contribution < 1.29 is 9.21 Å². The Labute approximate surface area is 113 Å². The first-order chi connectivity index (χ1) is 9.11. The highest BCUT2D eigenvalue weighted by molar-refractivity contribution is 5.84. The first kappa shape index (κ1) is 15.1. The van der Waals surface area contributed by atoms with Crippen molar-refractivity contribution in [2.45, 2.75) is 33.4 Å². The van der Waals surface area contributed by atoms with Gasteiger partial charge < -0.3 is 20.4 Å². The summed E-state index contributed by atoms with van der Waals surface area (Å²) < 4.78 is 5.13. The van der Waals surface area contributed by atoms with Gasteiger partial charge in [-0.2, -0.15) is 0 Å². The first-order valence-electron chi connectivity index (χ1n) is 6.45. The summed E-state index contributed by atoms with van der Waals surface area (Å²) in [6.45, 7) is 7.24. The zero-order valence-electron chi connectivity index (χ0n) is 11.7. The molecule has 0 aliphatic rings. The van der Waals surface area contributed by atoms with Gasteiger partial charge in [0.2, 0.25) is 5.91 Å². The van der Waals surface area contributed by atoms with Crippen molar-refractivity contribution in [3.8, 4) is 0 Å². The summed E-state index contributed by atoms with van der Waals surface area (Å²) in [5.74, 6) is 1.23. The number of hydrogen-bond acceptors (Lipinski definition) is 3. The molecule has 0 aliphatic heterocycles. The highest BCUT2D eigenvalue weighted by atomic mass is 16.3. The van der Waals surface area contributed by atoms with E-state index in [2.05, 4.69) is 20.9 Å². The topological polar surface area (TPSA) is 78.7 Å². The molecule has 0 unspecified atom stereocenters. The number of amides is 1. The van der Waals surface area contributed by atoms with E-state index in [4.69, 9.17) is 4.42 Å². The van der Waals surface area contributed by atoms with Crippen LogP contribution in [0.25, 0.3) is 0 Å². The van der Waals surface area contributed by atoms with Gasteiger partial charge in [0.25, 0.3) is 0 Å². The number of carbonyl (C=O) groups excluding carboxylic acids is 1. The molecule has 0 bridgehead atoms. The van der Waals surface area contributed by atoms with E-state index in [0.29, 0.717) is 12.5 Å². The van der Waals surface area contributed by atoms with E-state index >= 15 is 0 Å². The van der Waals surface area contributed by atoms with Gasteiger partial charge in [-0.1, -0.05) is 0 Å². The van der Waals surface area contributed by atoms with Gasteiger partial charge in [-0.3, -0.25) is 4.79 Å². The van der Waals surface area contributed by atoms with Crippen LogP contribution in [0.1, 0.15) is 26.5 Å². The highest BCUT2D eigenvalue weighted by Crippen LogP contribution is 1.98. The summed E-state index contributed by atoms with van der Waals surface area (Å²) in [5, 5.41) is 8.97. The molecule has 6 heteroatoms. The number of aliphatic imine (C=N–C) groups is 1. The van der Waals surface area contributed by atoms with Crippen molar-refractivity contribution in [2.24, 2.45) is 4.99 Å². The Bertz CT molecular complexity index is 399. The second-order valence-electron chi connectivity index (χ2n) is 4.35. The average Bonchev–Trinajstić information content (AvgIpc) is 2.86. The molecule has 1 rings (SSSR count). The zero-order chi connectivity index (χ0) is 14.1. The lowest BCUT2D eigenvalue weighted by Crippen LogP contribution is -2.41. The Morgan fingerprint density at radius 2 is 2.21 bits per heavy atom. The van der Waals surface area contributed by atoms with E-state index in [0.717, 1.165) is 12.3 Å². The fourth-order valence-corrected chi connectivity index (χ4v) is 1.40. The number of carbonyl (C=O) groups is 1. The Hall–Kier alpha value is -1.98. The van der Waals surface area contributed by atoms with Crippen LogP contribution in [-0.2, 0) is 11.3 Å². The van der Waals surface area contributed by atoms with E-state index in [-0.39, 0.29) is 18.5 Å². The monoisotopic (exact) mass is 266 g/mol. The molecule has 106 valence electrons. The Morgan fingerprint density at radius 3 is 2.79 bits per heavy atom. The van der Waals surface area contributed by atoms with Crippen LogP contribution in [0.3, 0.4) is 0 Å². The molecule has 0 saturated heterocycles. The van der Waals surface area contributed by atoms with Gasteiger partial charge in [0.05, 0.1) is 12.8 Å². The van der Waals surface area contributed by atoms with Crippen LogP contribution >= 0.6 is 0 Å². The molecule has 1 heterocycles. The molecule has 0 aromatic carbocycles. The van der Waals surface area contributed by atoms with Gasteiger partial charge in [-0.05, 0) is 32.9 Å². The third kappa shape index (κ3) is 6.49. The van der Waals surface area contributed by atoms with Gasteiger partial charge >= 0.3 is 0 Å². The van der Waals surface area contributed by atoms with Crippen LogP contribution < -0.4 is 16.0 Å². The molecule has 0 fully saturated rings. The van der Waals surface area contributed by atoms with Crippen LogP contribution in [-0.4, -0.2) is 31.0 Å². The molecule has 1 aromatic heterocycles. The van der Waals surface area contributed by atoms with Gasteiger partial charge in [-0.15, -0.1) is 0 Å². The molecule has 0 aliphatic carbocycles. The largest absolute Gasteiger partial charge is 0.467 e. The molecule has 19 heavy (non-hydrogen) atoms. The van der Waals surface area contributed by atoms with Crippen molar-refractivity contribution in [3.05, 3.63) is 24.2 Å². The van der Waals surface area contributed by atoms with Crippen molar-refractivity contribution in [2.75, 3.05) is 13.1 Å². The Balaban J connectivity index is 2.36. The van der Waals surface area contributed by atoms with E-state index in [9.17, 15) is 4.79 Å². The molecule has 0 saturated carbocycles. The van der Waals surface area contributed by atoms with Crippen LogP contribution in [0.2, 0.25) is 0 Å². The number of nitrogens with one attached hydrogen (secondary N) is 3. The lowest BCUT2D eigenvalue weighted by Gasteiger charge is -2.13. The van der Waals surface area contributed by atoms with Crippen molar-refractivity contribution >= 4 is 11.9 Å². The summed E-state index contributed by atoms with van der Waals surface area (Å²) in [7, 11) is 0. The normalized spacial score (nSPS) is 11.5. The van der Waals surface area contributed by atoms with E-state index < -0.39 is 0 Å². The molecule has 1 amide bonds. The van der Waals surface area contributed by atoms with Crippen LogP contribution in [0.5, 0.6) is 0 Å². The predicted molar refractivity (Wildman–Crippen MR) is 74.8 cm³/mol. The minimum atomic E-state index is -0.141. The van der Waals surface area contributed by atoms with Crippen LogP contribution in [0, 0.1) is 0 Å². The molecular weight excluding hydrogens is 244 g/mol. The number of rotatable bonds is 6. The Morgan fingerprint density at radius 1 is 1.42 bits per heavy atom. The Kier molecular flexibility index (Phi) is 6.49. The third-order valence-electron chi connectivity index (χ3n) is 2.19. The summed E-state index contributed by atoms with van der Waals surface area (Å²) in [4.78, 5) is 15.8. The van der Waals surface area contributed by atoms with Gasteiger partial charge in [0.15, 0.2) is 5.96 Å². The number of hydrogen-bond donors (Lipinski definition) is 3. The molecular formula is C13H22N4O2. The van der Waals surface area contributed by atoms with Crippen molar-refractivity contribution in [1.29, 1.82) is 0 Å². The average molecular weight is 266 g/mol. The second-order valence-corrected chi connectivity index (χ2v) is 4.35. The number of nitrogens with zero attached hydrogens (tertiary/aromatic N) is 1. The van der Waals surface area contributed by atoms with E-state index in [1.807, 2.05) is 26.8 Å². The van der Waals surface area contributed by atoms with Gasteiger partial charge in [0, 0.05) is 12.6 Å². The maximum absolute atomic E-state index is 11.6. The summed E-state index contributed by atoms with van der Waals surface area (Å²) >= 11 is 0. The lowest BCUT2D eigenvalue weighted by molar-refractivity contribution is -0.119. The predicted octanol–water partition coefficient (Wildman–Crippen LogP) is 0.859. The molecule has 0 radical (unpaired) electrons. The summed E-state index contributed by atoms with van der Waals surface area (Å²) in [5.41, 5.74) is 0. The molecule has 1 aromatic rings. The maximum atomic E-state index is 11.6. The molecule has 3 N–H and O–H groups in total. The SMILES string of the molecule is CCNC(=NCC(=O)NCc1ccco1)NC(C)C. The summed E-state index contributed by atoms with van der Waals surface area (Å²) in [6.07, 6.45) is 1.58.